The number of likely N-dealkylation sites (tertiary alicyclic amines) is 1. The average molecular weight is 309 g/mol. The van der Waals surface area contributed by atoms with E-state index in [2.05, 4.69) is 29.4 Å². The standard InChI is InChI=1S/C17H31N3O2/c1-12(2)20-8-5-14(6-9-20)19-16(21)11-18-15-7-10-22-17(15)13-3-4-13/h12-15,17-18H,3-11H2,1-2H3,(H,19,21). The monoisotopic (exact) mass is 309 g/mol. The van der Waals surface area contributed by atoms with Crippen molar-refractivity contribution in [1.29, 1.82) is 0 Å². The van der Waals surface area contributed by atoms with E-state index in [1.165, 1.54) is 12.8 Å². The Morgan fingerprint density at radius 1 is 1.18 bits per heavy atom. The molecule has 2 heterocycles. The minimum Gasteiger partial charge on any atom is -0.376 e. The van der Waals surface area contributed by atoms with Crippen molar-refractivity contribution < 1.29 is 9.53 Å². The molecule has 2 N–H and O–H groups in total. The SMILES string of the molecule is CC(C)N1CCC(NC(=O)CNC2CCOC2C2CC2)CC1. The minimum absolute atomic E-state index is 0.143. The number of carbonyl (C=O) groups excluding carboxylic acids is 1. The third kappa shape index (κ3) is 4.21. The topological polar surface area (TPSA) is 53.6 Å². The molecule has 2 unspecified atom stereocenters. The van der Waals surface area contributed by atoms with Crippen LogP contribution >= 0.6 is 0 Å². The average Bonchev–Trinajstić information content (AvgIpc) is 3.24. The van der Waals surface area contributed by atoms with E-state index in [0.29, 0.717) is 30.8 Å². The number of hydrogen-bond donors (Lipinski definition) is 2. The molecule has 2 atom stereocenters. The predicted molar refractivity (Wildman–Crippen MR) is 86.7 cm³/mol. The summed E-state index contributed by atoms with van der Waals surface area (Å²) in [4.78, 5) is 14.6. The maximum Gasteiger partial charge on any atom is 0.234 e. The van der Waals surface area contributed by atoms with Gasteiger partial charge in [-0.3, -0.25) is 4.79 Å². The van der Waals surface area contributed by atoms with Crippen LogP contribution in [-0.4, -0.2) is 61.3 Å². The first-order valence-electron chi connectivity index (χ1n) is 9.02. The van der Waals surface area contributed by atoms with Crippen LogP contribution in [0.15, 0.2) is 0 Å². The predicted octanol–water partition coefficient (Wildman–Crippen LogP) is 1.13. The molecule has 1 saturated carbocycles. The number of nitrogens with zero attached hydrogens (tertiary/aromatic N) is 1. The van der Waals surface area contributed by atoms with Gasteiger partial charge in [0.15, 0.2) is 0 Å². The Morgan fingerprint density at radius 2 is 1.91 bits per heavy atom. The molecule has 1 aliphatic carbocycles. The summed E-state index contributed by atoms with van der Waals surface area (Å²) in [5.74, 6) is 0.882. The van der Waals surface area contributed by atoms with Crippen LogP contribution in [0.3, 0.4) is 0 Å². The summed E-state index contributed by atoms with van der Waals surface area (Å²) in [6, 6.07) is 1.34. The van der Waals surface area contributed by atoms with Crippen molar-refractivity contribution in [2.24, 2.45) is 5.92 Å². The normalized spacial score (nSPS) is 30.9. The summed E-state index contributed by atoms with van der Waals surface area (Å²) in [7, 11) is 0. The fourth-order valence-corrected chi connectivity index (χ4v) is 3.78. The van der Waals surface area contributed by atoms with Crippen molar-refractivity contribution in [2.75, 3.05) is 26.2 Å². The number of hydrogen-bond acceptors (Lipinski definition) is 4. The van der Waals surface area contributed by atoms with Crippen molar-refractivity contribution in [3.8, 4) is 0 Å². The number of amides is 1. The zero-order valence-corrected chi connectivity index (χ0v) is 14.0. The van der Waals surface area contributed by atoms with E-state index in [0.717, 1.165) is 44.9 Å². The Hall–Kier alpha value is -0.650. The third-order valence-electron chi connectivity index (χ3n) is 5.37. The van der Waals surface area contributed by atoms with Gasteiger partial charge in [0.25, 0.3) is 0 Å². The maximum atomic E-state index is 12.1. The summed E-state index contributed by atoms with van der Waals surface area (Å²) >= 11 is 0. The van der Waals surface area contributed by atoms with E-state index >= 15 is 0 Å². The second-order valence-corrected chi connectivity index (χ2v) is 7.42. The Morgan fingerprint density at radius 3 is 2.55 bits per heavy atom. The van der Waals surface area contributed by atoms with Gasteiger partial charge in [-0.1, -0.05) is 0 Å². The number of rotatable bonds is 6. The molecule has 0 radical (unpaired) electrons. The Bertz CT molecular complexity index is 376. The summed E-state index contributed by atoms with van der Waals surface area (Å²) in [5, 5.41) is 6.61. The smallest absolute Gasteiger partial charge is 0.234 e. The van der Waals surface area contributed by atoms with E-state index in [1.807, 2.05) is 0 Å². The third-order valence-corrected chi connectivity index (χ3v) is 5.37. The van der Waals surface area contributed by atoms with Gasteiger partial charge >= 0.3 is 0 Å². The second-order valence-electron chi connectivity index (χ2n) is 7.42. The molecule has 3 rings (SSSR count). The van der Waals surface area contributed by atoms with E-state index in [-0.39, 0.29) is 5.91 Å². The van der Waals surface area contributed by atoms with Gasteiger partial charge in [-0.25, -0.2) is 0 Å². The summed E-state index contributed by atoms with van der Waals surface area (Å²) in [6.07, 6.45) is 6.12. The lowest BCUT2D eigenvalue weighted by Gasteiger charge is -2.35. The van der Waals surface area contributed by atoms with Gasteiger partial charge in [0.1, 0.15) is 0 Å². The highest BCUT2D eigenvalue weighted by atomic mass is 16.5. The molecule has 0 spiro atoms. The molecular formula is C17H31N3O2. The second kappa shape index (κ2) is 7.28. The highest BCUT2D eigenvalue weighted by Crippen LogP contribution is 2.38. The lowest BCUT2D eigenvalue weighted by atomic mass is 10.0. The van der Waals surface area contributed by atoms with Crippen LogP contribution in [0, 0.1) is 5.92 Å². The van der Waals surface area contributed by atoms with Crippen LogP contribution in [-0.2, 0) is 9.53 Å². The molecular weight excluding hydrogens is 278 g/mol. The molecule has 3 aliphatic rings. The minimum atomic E-state index is 0.143. The van der Waals surface area contributed by atoms with Gasteiger partial charge in [-0.05, 0) is 51.9 Å². The van der Waals surface area contributed by atoms with Crippen LogP contribution in [0.25, 0.3) is 0 Å². The first-order chi connectivity index (χ1) is 10.6. The zero-order chi connectivity index (χ0) is 15.5. The van der Waals surface area contributed by atoms with Crippen molar-refractivity contribution in [3.63, 3.8) is 0 Å². The number of carbonyl (C=O) groups is 1. The Kier molecular flexibility index (Phi) is 5.37. The van der Waals surface area contributed by atoms with Crippen LogP contribution in [0.2, 0.25) is 0 Å². The van der Waals surface area contributed by atoms with E-state index in [1.54, 1.807) is 0 Å². The van der Waals surface area contributed by atoms with Gasteiger partial charge in [0.2, 0.25) is 5.91 Å². The molecule has 2 saturated heterocycles. The Labute approximate surface area is 134 Å². The zero-order valence-electron chi connectivity index (χ0n) is 14.0. The maximum absolute atomic E-state index is 12.1. The van der Waals surface area contributed by atoms with Crippen molar-refractivity contribution in [3.05, 3.63) is 0 Å². The van der Waals surface area contributed by atoms with Crippen molar-refractivity contribution in [2.45, 2.75) is 70.2 Å². The molecule has 0 aromatic rings. The Balaban J connectivity index is 1.34. The van der Waals surface area contributed by atoms with Gasteiger partial charge < -0.3 is 20.3 Å². The van der Waals surface area contributed by atoms with Crippen LogP contribution in [0.4, 0.5) is 0 Å². The van der Waals surface area contributed by atoms with Gasteiger partial charge in [0.05, 0.1) is 12.6 Å². The van der Waals surface area contributed by atoms with Crippen LogP contribution in [0.5, 0.6) is 0 Å². The molecule has 0 aromatic carbocycles. The highest BCUT2D eigenvalue weighted by molar-refractivity contribution is 5.78. The molecule has 126 valence electrons. The van der Waals surface area contributed by atoms with Crippen LogP contribution in [0.1, 0.15) is 46.0 Å². The van der Waals surface area contributed by atoms with Crippen molar-refractivity contribution in [1.82, 2.24) is 15.5 Å². The summed E-state index contributed by atoms with van der Waals surface area (Å²) < 4.78 is 5.81. The quantitative estimate of drug-likeness (QED) is 0.772. The summed E-state index contributed by atoms with van der Waals surface area (Å²) in [5.41, 5.74) is 0. The largest absolute Gasteiger partial charge is 0.376 e. The first kappa shape index (κ1) is 16.2. The molecule has 1 amide bonds. The van der Waals surface area contributed by atoms with E-state index < -0.39 is 0 Å². The molecule has 3 fully saturated rings. The van der Waals surface area contributed by atoms with Gasteiger partial charge in [-0.15, -0.1) is 0 Å². The number of ether oxygens (including phenoxy) is 1. The first-order valence-corrected chi connectivity index (χ1v) is 9.02. The highest BCUT2D eigenvalue weighted by Gasteiger charge is 2.40. The molecule has 22 heavy (non-hydrogen) atoms. The fraction of sp³-hybridized carbons (Fsp3) is 0.941. The lowest BCUT2D eigenvalue weighted by Crippen LogP contribution is -2.50. The van der Waals surface area contributed by atoms with Gasteiger partial charge in [0, 0.05) is 37.8 Å². The lowest BCUT2D eigenvalue weighted by molar-refractivity contribution is -0.121. The number of piperidine rings is 1. The molecule has 0 bridgehead atoms. The number of nitrogens with one attached hydrogen (secondary N) is 2. The molecule has 2 aliphatic heterocycles. The van der Waals surface area contributed by atoms with E-state index in [4.69, 9.17) is 4.74 Å². The summed E-state index contributed by atoms with van der Waals surface area (Å²) in [6.45, 7) is 7.94. The van der Waals surface area contributed by atoms with Crippen LogP contribution < -0.4 is 10.6 Å². The van der Waals surface area contributed by atoms with Crippen molar-refractivity contribution >= 4 is 5.91 Å². The fourth-order valence-electron chi connectivity index (χ4n) is 3.78. The van der Waals surface area contributed by atoms with Gasteiger partial charge in [-0.2, -0.15) is 0 Å². The molecule has 5 nitrogen and oxygen atoms in total. The van der Waals surface area contributed by atoms with E-state index in [9.17, 15) is 4.79 Å². The molecule has 0 aromatic heterocycles. The molecule has 5 heteroatoms.